The van der Waals surface area contributed by atoms with Gasteiger partial charge in [-0.2, -0.15) is 0 Å². The van der Waals surface area contributed by atoms with Crippen molar-refractivity contribution in [3.63, 3.8) is 0 Å². The van der Waals surface area contributed by atoms with Gasteiger partial charge in [0.2, 0.25) is 5.91 Å². The molecule has 0 bridgehead atoms. The monoisotopic (exact) mass is 462 g/mol. The number of aromatic hydroxyl groups is 1. The number of phenolic OH excluding ortho intramolecular Hbond substituents is 1. The zero-order chi connectivity index (χ0) is 23.5. The number of fused-ring (bicyclic) bond motifs is 1. The van der Waals surface area contributed by atoms with Crippen LogP contribution in [0, 0.1) is 5.82 Å². The number of amides is 1. The number of halogens is 1. The highest BCUT2D eigenvalue weighted by Crippen LogP contribution is 2.35. The van der Waals surface area contributed by atoms with Crippen LogP contribution in [0.5, 0.6) is 17.2 Å². The molecule has 0 saturated carbocycles. The molecule has 34 heavy (non-hydrogen) atoms. The Morgan fingerprint density at radius 2 is 1.85 bits per heavy atom. The van der Waals surface area contributed by atoms with E-state index in [0.29, 0.717) is 30.4 Å². The average Bonchev–Trinajstić information content (AvgIpc) is 3.30. The minimum Gasteiger partial charge on any atom is -0.504 e. The molecule has 5 rings (SSSR count). The third kappa shape index (κ3) is 4.75. The summed E-state index contributed by atoms with van der Waals surface area (Å²) >= 11 is 0. The second-order valence-electron chi connectivity index (χ2n) is 8.59. The zero-order valence-corrected chi connectivity index (χ0v) is 18.6. The third-order valence-electron chi connectivity index (χ3n) is 6.38. The lowest BCUT2D eigenvalue weighted by atomic mass is 9.87. The van der Waals surface area contributed by atoms with Crippen molar-refractivity contribution in [3.8, 4) is 17.2 Å². The molecule has 0 aromatic heterocycles. The number of carbonyl (C=O) groups is 1. The van der Waals surface area contributed by atoms with Gasteiger partial charge >= 0.3 is 0 Å². The number of ether oxygens (including phenoxy) is 1. The van der Waals surface area contributed by atoms with Crippen molar-refractivity contribution >= 4 is 11.6 Å². The lowest BCUT2D eigenvalue weighted by molar-refractivity contribution is -0.118. The van der Waals surface area contributed by atoms with Crippen molar-refractivity contribution < 1.29 is 19.0 Å². The van der Waals surface area contributed by atoms with Crippen LogP contribution in [0.1, 0.15) is 18.0 Å². The van der Waals surface area contributed by atoms with Gasteiger partial charge in [0.05, 0.1) is 18.3 Å². The molecule has 3 aromatic rings. The minimum absolute atomic E-state index is 0.0158. The highest BCUT2D eigenvalue weighted by atomic mass is 19.1. The van der Waals surface area contributed by atoms with Gasteiger partial charge in [0.25, 0.3) is 0 Å². The number of hydrogen-bond donors (Lipinski definition) is 4. The summed E-state index contributed by atoms with van der Waals surface area (Å²) in [7, 11) is 0. The van der Waals surface area contributed by atoms with E-state index in [9.17, 15) is 14.3 Å². The fourth-order valence-corrected chi connectivity index (χ4v) is 4.84. The van der Waals surface area contributed by atoms with Gasteiger partial charge in [0.15, 0.2) is 17.2 Å². The van der Waals surface area contributed by atoms with E-state index >= 15 is 0 Å². The first-order valence-electron chi connectivity index (χ1n) is 11.4. The van der Waals surface area contributed by atoms with Gasteiger partial charge in [-0.1, -0.05) is 36.4 Å². The van der Waals surface area contributed by atoms with E-state index in [4.69, 9.17) is 4.74 Å². The molecular weight excluding hydrogens is 435 g/mol. The lowest BCUT2D eigenvalue weighted by Crippen LogP contribution is -2.54. The van der Waals surface area contributed by atoms with E-state index in [1.807, 2.05) is 12.1 Å². The predicted molar refractivity (Wildman–Crippen MR) is 127 cm³/mol. The molecule has 0 radical (unpaired) electrons. The van der Waals surface area contributed by atoms with E-state index < -0.39 is 0 Å². The molecule has 8 heteroatoms. The quantitative estimate of drug-likeness (QED) is 0.448. The largest absolute Gasteiger partial charge is 0.504 e. The topological polar surface area (TPSA) is 85.9 Å². The van der Waals surface area contributed by atoms with Gasteiger partial charge in [-0.25, -0.2) is 4.39 Å². The Labute approximate surface area is 197 Å². The minimum atomic E-state index is -0.287. The molecule has 3 aromatic carbocycles. The number of rotatable bonds is 6. The van der Waals surface area contributed by atoms with Gasteiger partial charge < -0.3 is 15.2 Å². The Morgan fingerprint density at radius 1 is 1.06 bits per heavy atom. The Hall–Kier alpha value is -3.46. The SMILES string of the molecule is O=C(CN1CCC2NCNC2C1c1cccc(F)c1)Nc1ccccc1Oc1ccccc1O. The summed E-state index contributed by atoms with van der Waals surface area (Å²) in [6.07, 6.45) is 0.893. The van der Waals surface area contributed by atoms with Crippen LogP contribution in [-0.2, 0) is 4.79 Å². The van der Waals surface area contributed by atoms with Crippen LogP contribution >= 0.6 is 0 Å². The Bertz CT molecular complexity index is 1170. The van der Waals surface area contributed by atoms with Gasteiger partial charge in [0, 0.05) is 25.3 Å². The molecule has 2 aliphatic heterocycles. The number of carbonyl (C=O) groups excluding carboxylic acids is 1. The van der Waals surface area contributed by atoms with E-state index in [1.54, 1.807) is 54.6 Å². The number of hydrogen-bond acceptors (Lipinski definition) is 6. The molecule has 4 N–H and O–H groups in total. The van der Waals surface area contributed by atoms with Gasteiger partial charge in [-0.15, -0.1) is 0 Å². The summed E-state index contributed by atoms with van der Waals surface area (Å²) in [6, 6.07) is 20.6. The molecule has 2 saturated heterocycles. The zero-order valence-electron chi connectivity index (χ0n) is 18.6. The second kappa shape index (κ2) is 9.80. The molecule has 2 aliphatic rings. The molecule has 3 unspecified atom stereocenters. The van der Waals surface area contributed by atoms with Crippen LogP contribution in [0.4, 0.5) is 10.1 Å². The number of piperidine rings is 1. The summed E-state index contributed by atoms with van der Waals surface area (Å²) in [5.41, 5.74) is 1.36. The predicted octanol–water partition coefficient (Wildman–Crippen LogP) is 3.60. The molecule has 1 amide bonds. The maximum atomic E-state index is 14.0. The van der Waals surface area contributed by atoms with Crippen LogP contribution in [0.3, 0.4) is 0 Å². The van der Waals surface area contributed by atoms with Crippen molar-refractivity contribution in [2.45, 2.75) is 24.5 Å². The van der Waals surface area contributed by atoms with Crippen LogP contribution in [0.15, 0.2) is 72.8 Å². The molecule has 2 heterocycles. The van der Waals surface area contributed by atoms with E-state index in [-0.39, 0.29) is 42.1 Å². The number of nitrogens with zero attached hydrogens (tertiary/aromatic N) is 1. The van der Waals surface area contributed by atoms with Gasteiger partial charge in [0.1, 0.15) is 5.82 Å². The highest BCUT2D eigenvalue weighted by molar-refractivity contribution is 5.93. The van der Waals surface area contributed by atoms with Crippen LogP contribution in [-0.4, -0.2) is 47.8 Å². The molecule has 176 valence electrons. The maximum absolute atomic E-state index is 14.0. The molecule has 0 aliphatic carbocycles. The first-order valence-corrected chi connectivity index (χ1v) is 11.4. The Morgan fingerprint density at radius 3 is 2.68 bits per heavy atom. The first-order chi connectivity index (χ1) is 16.6. The van der Waals surface area contributed by atoms with Crippen molar-refractivity contribution in [2.75, 3.05) is 25.1 Å². The van der Waals surface area contributed by atoms with E-state index in [2.05, 4.69) is 20.9 Å². The highest BCUT2D eigenvalue weighted by Gasteiger charge is 2.41. The first kappa shape index (κ1) is 22.3. The standard InChI is InChI=1S/C26H27FN4O3/c27-18-7-5-6-17(14-18)26-25-20(28-16-29-25)12-13-31(26)15-24(33)30-19-8-1-3-10-22(19)34-23-11-4-2-9-21(23)32/h1-11,14,20,25-26,28-29,32H,12-13,15-16H2,(H,30,33). The van der Waals surface area contributed by atoms with Gasteiger partial charge in [-0.3, -0.25) is 20.3 Å². The maximum Gasteiger partial charge on any atom is 0.238 e. The smallest absolute Gasteiger partial charge is 0.238 e. The van der Waals surface area contributed by atoms with Gasteiger partial charge in [-0.05, 0) is 48.4 Å². The van der Waals surface area contributed by atoms with Crippen molar-refractivity contribution in [1.29, 1.82) is 0 Å². The Balaban J connectivity index is 1.33. The summed E-state index contributed by atoms with van der Waals surface area (Å²) < 4.78 is 19.9. The second-order valence-corrected chi connectivity index (χ2v) is 8.59. The van der Waals surface area contributed by atoms with Crippen LogP contribution < -0.4 is 20.7 Å². The van der Waals surface area contributed by atoms with E-state index in [0.717, 1.165) is 12.0 Å². The Kier molecular flexibility index (Phi) is 6.44. The normalized spacial score (nSPS) is 22.2. The summed E-state index contributed by atoms with van der Waals surface area (Å²) in [5, 5.41) is 19.9. The number of benzene rings is 3. The lowest BCUT2D eigenvalue weighted by Gasteiger charge is -2.42. The summed E-state index contributed by atoms with van der Waals surface area (Å²) in [4.78, 5) is 15.2. The summed E-state index contributed by atoms with van der Waals surface area (Å²) in [6.45, 7) is 1.55. The molecule has 7 nitrogen and oxygen atoms in total. The number of anilines is 1. The molecule has 0 spiro atoms. The van der Waals surface area contributed by atoms with Crippen molar-refractivity contribution in [1.82, 2.24) is 15.5 Å². The number of nitrogens with one attached hydrogen (secondary N) is 3. The van der Waals surface area contributed by atoms with Crippen molar-refractivity contribution in [2.24, 2.45) is 0 Å². The molecule has 3 atom stereocenters. The van der Waals surface area contributed by atoms with Crippen LogP contribution in [0.2, 0.25) is 0 Å². The third-order valence-corrected chi connectivity index (χ3v) is 6.38. The fourth-order valence-electron chi connectivity index (χ4n) is 4.84. The van der Waals surface area contributed by atoms with E-state index in [1.165, 1.54) is 6.07 Å². The molecular formula is C26H27FN4O3. The van der Waals surface area contributed by atoms with Crippen LogP contribution in [0.25, 0.3) is 0 Å². The number of para-hydroxylation sites is 4. The fraction of sp³-hybridized carbons (Fsp3) is 0.269. The molecule has 2 fully saturated rings. The number of likely N-dealkylation sites (tertiary alicyclic amines) is 1. The number of phenols is 1. The summed E-state index contributed by atoms with van der Waals surface area (Å²) in [5.74, 6) is 0.267. The average molecular weight is 463 g/mol. The van der Waals surface area contributed by atoms with Crippen molar-refractivity contribution in [3.05, 3.63) is 84.2 Å².